The molecule has 0 aliphatic carbocycles. The van der Waals surface area contributed by atoms with Crippen molar-refractivity contribution in [1.82, 2.24) is 0 Å². The molecule has 0 fully saturated rings. The van der Waals surface area contributed by atoms with Gasteiger partial charge in [0.2, 0.25) is 0 Å². The molecule has 0 saturated carbocycles. The molecule has 0 aromatic heterocycles. The number of aldehydes is 1. The van der Waals surface area contributed by atoms with Crippen molar-refractivity contribution in [3.63, 3.8) is 0 Å². The second-order valence-corrected chi connectivity index (χ2v) is 9.13. The number of carbonyl (C=O) groups is 3. The number of likely N-dealkylation sites (N-methyl/N-ethyl adjacent to an activating group) is 1. The lowest BCUT2D eigenvalue weighted by Crippen LogP contribution is -2.43. The van der Waals surface area contributed by atoms with Crippen LogP contribution in [0.4, 0.5) is 0 Å². The van der Waals surface area contributed by atoms with Crippen LogP contribution < -0.4 is 0 Å². The number of ether oxygens (including phenoxy) is 1. The molecule has 0 radical (unpaired) electrons. The average Bonchev–Trinajstić information content (AvgIpc) is 2.60. The summed E-state index contributed by atoms with van der Waals surface area (Å²) in [6, 6.07) is 0. The zero-order valence-electron chi connectivity index (χ0n) is 19.0. The maximum absolute atomic E-state index is 12.0. The first-order valence-electron chi connectivity index (χ1n) is 11.4. The highest BCUT2D eigenvalue weighted by Gasteiger charge is 2.24. The van der Waals surface area contributed by atoms with Crippen LogP contribution in [0.1, 0.15) is 96.3 Å². The number of carboxylic acid groups (broad SMARTS) is 1. The molecule has 6 nitrogen and oxygen atoms in total. The minimum atomic E-state index is -0.936. The Hall–Kier alpha value is -1.43. The molecule has 0 heterocycles. The van der Waals surface area contributed by atoms with E-state index in [2.05, 4.69) is 0 Å². The molecular weight excluding hydrogens is 370 g/mol. The normalized spacial score (nSPS) is 12.5. The number of carbonyl (C=O) groups excluding carboxylic acids is 2. The Kier molecular flexibility index (Phi) is 16.6. The van der Waals surface area contributed by atoms with E-state index in [0.717, 1.165) is 32.0 Å². The lowest BCUT2D eigenvalue weighted by atomic mass is 10.0. The van der Waals surface area contributed by atoms with E-state index >= 15 is 0 Å². The number of rotatable bonds is 20. The Bertz CT molecular complexity index is 445. The summed E-state index contributed by atoms with van der Waals surface area (Å²) in [7, 11) is 5.87. The Morgan fingerprint density at radius 1 is 0.828 bits per heavy atom. The Balaban J connectivity index is 3.60. The molecule has 0 saturated heterocycles. The third-order valence-corrected chi connectivity index (χ3v) is 4.90. The summed E-state index contributed by atoms with van der Waals surface area (Å²) in [5.41, 5.74) is 0. The number of carboxylic acids is 1. The number of unbranched alkanes of at least 4 members (excludes halogenated alkanes) is 12. The van der Waals surface area contributed by atoms with Crippen LogP contribution in [0.2, 0.25) is 0 Å². The van der Waals surface area contributed by atoms with Crippen LogP contribution in [0.15, 0.2) is 0 Å². The van der Waals surface area contributed by atoms with E-state index in [0.29, 0.717) is 23.9 Å². The first kappa shape index (κ1) is 27.6. The van der Waals surface area contributed by atoms with Gasteiger partial charge in [0.1, 0.15) is 12.8 Å². The lowest BCUT2D eigenvalue weighted by Gasteiger charge is -2.28. The molecule has 0 rings (SSSR count). The summed E-state index contributed by atoms with van der Waals surface area (Å²) >= 11 is 0. The minimum Gasteiger partial charge on any atom is -0.481 e. The molecule has 0 spiro atoms. The third kappa shape index (κ3) is 21.1. The zero-order chi connectivity index (χ0) is 22.0. The van der Waals surface area contributed by atoms with E-state index in [1.54, 1.807) is 0 Å². The molecule has 170 valence electrons. The van der Waals surface area contributed by atoms with Gasteiger partial charge in [0.15, 0.2) is 6.10 Å². The van der Waals surface area contributed by atoms with Gasteiger partial charge in [0.25, 0.3) is 0 Å². The van der Waals surface area contributed by atoms with Crippen LogP contribution in [0.25, 0.3) is 0 Å². The number of hydrogen-bond acceptors (Lipinski definition) is 4. The smallest absolute Gasteiger partial charge is 0.307 e. The highest BCUT2D eigenvalue weighted by Crippen LogP contribution is 2.13. The largest absolute Gasteiger partial charge is 0.481 e. The lowest BCUT2D eigenvalue weighted by molar-refractivity contribution is -0.873. The highest BCUT2D eigenvalue weighted by atomic mass is 16.5. The first-order valence-corrected chi connectivity index (χ1v) is 11.4. The fourth-order valence-electron chi connectivity index (χ4n) is 3.46. The Morgan fingerprint density at radius 2 is 1.28 bits per heavy atom. The van der Waals surface area contributed by atoms with Crippen molar-refractivity contribution in [3.05, 3.63) is 0 Å². The number of aliphatic carboxylic acids is 1. The van der Waals surface area contributed by atoms with Gasteiger partial charge in [0.05, 0.1) is 27.6 Å². The summed E-state index contributed by atoms with van der Waals surface area (Å²) in [5, 5.41) is 8.99. The van der Waals surface area contributed by atoms with Crippen LogP contribution >= 0.6 is 0 Å². The summed E-state index contributed by atoms with van der Waals surface area (Å²) in [5.74, 6) is -1.22. The molecule has 1 unspecified atom stereocenters. The van der Waals surface area contributed by atoms with Crippen molar-refractivity contribution in [2.24, 2.45) is 0 Å². The minimum absolute atomic E-state index is 0.139. The van der Waals surface area contributed by atoms with Gasteiger partial charge in [0, 0.05) is 12.8 Å². The predicted molar refractivity (Wildman–Crippen MR) is 116 cm³/mol. The molecule has 0 aliphatic heterocycles. The molecule has 29 heavy (non-hydrogen) atoms. The van der Waals surface area contributed by atoms with Crippen molar-refractivity contribution in [2.45, 2.75) is 102 Å². The molecular formula is C23H44NO5+. The van der Waals surface area contributed by atoms with Gasteiger partial charge in [-0.2, -0.15) is 0 Å². The summed E-state index contributed by atoms with van der Waals surface area (Å²) in [4.78, 5) is 33.2. The second kappa shape index (κ2) is 17.4. The topological polar surface area (TPSA) is 80.7 Å². The van der Waals surface area contributed by atoms with E-state index in [-0.39, 0.29) is 12.4 Å². The van der Waals surface area contributed by atoms with Crippen molar-refractivity contribution >= 4 is 18.2 Å². The number of quaternary nitrogens is 1. The molecule has 1 N–H and O–H groups in total. The van der Waals surface area contributed by atoms with Gasteiger partial charge in [-0.25, -0.2) is 0 Å². The second-order valence-electron chi connectivity index (χ2n) is 9.13. The van der Waals surface area contributed by atoms with Gasteiger partial charge in [-0.3, -0.25) is 9.59 Å². The van der Waals surface area contributed by atoms with E-state index in [9.17, 15) is 14.4 Å². The fraction of sp³-hybridized carbons (Fsp3) is 0.870. The van der Waals surface area contributed by atoms with Gasteiger partial charge >= 0.3 is 11.9 Å². The molecule has 0 bridgehead atoms. The average molecular weight is 415 g/mol. The monoisotopic (exact) mass is 414 g/mol. The summed E-state index contributed by atoms with van der Waals surface area (Å²) in [6.07, 6.45) is 15.4. The van der Waals surface area contributed by atoms with Crippen molar-refractivity contribution in [1.29, 1.82) is 0 Å². The SMILES string of the molecule is C[N+](C)(C)CC(CC(=O)O)OC(=O)CCCCCCCCCCCCCCC=O. The maximum atomic E-state index is 12.0. The number of esters is 1. The maximum Gasteiger partial charge on any atom is 0.307 e. The van der Waals surface area contributed by atoms with Gasteiger partial charge in [-0.05, 0) is 12.8 Å². The fourth-order valence-corrected chi connectivity index (χ4v) is 3.46. The van der Waals surface area contributed by atoms with E-state index in [1.807, 2.05) is 21.1 Å². The van der Waals surface area contributed by atoms with Gasteiger partial charge in [-0.15, -0.1) is 0 Å². The summed E-state index contributed by atoms with van der Waals surface area (Å²) < 4.78 is 5.96. The predicted octanol–water partition coefficient (Wildman–Crippen LogP) is 4.74. The van der Waals surface area contributed by atoms with Crippen LogP contribution in [-0.2, 0) is 19.1 Å². The molecule has 0 amide bonds. The van der Waals surface area contributed by atoms with Crippen molar-refractivity contribution in [3.8, 4) is 0 Å². The van der Waals surface area contributed by atoms with E-state index < -0.39 is 12.1 Å². The van der Waals surface area contributed by atoms with Crippen LogP contribution in [0.5, 0.6) is 0 Å². The van der Waals surface area contributed by atoms with E-state index in [1.165, 1.54) is 51.4 Å². The third-order valence-electron chi connectivity index (χ3n) is 4.90. The molecule has 0 aromatic carbocycles. The van der Waals surface area contributed by atoms with Crippen LogP contribution in [0.3, 0.4) is 0 Å². The van der Waals surface area contributed by atoms with Crippen LogP contribution in [0, 0.1) is 0 Å². The molecule has 1 atom stereocenters. The number of nitrogens with zero attached hydrogens (tertiary/aromatic N) is 1. The van der Waals surface area contributed by atoms with Gasteiger partial charge < -0.3 is 19.1 Å². The number of hydrogen-bond donors (Lipinski definition) is 1. The van der Waals surface area contributed by atoms with Crippen LogP contribution in [-0.4, -0.2) is 61.6 Å². The molecule has 6 heteroatoms. The first-order chi connectivity index (χ1) is 13.7. The quantitative estimate of drug-likeness (QED) is 0.135. The molecule has 0 aliphatic rings. The van der Waals surface area contributed by atoms with Gasteiger partial charge in [-0.1, -0.05) is 64.2 Å². The van der Waals surface area contributed by atoms with E-state index in [4.69, 9.17) is 9.84 Å². The zero-order valence-corrected chi connectivity index (χ0v) is 19.0. The Morgan fingerprint density at radius 3 is 1.69 bits per heavy atom. The highest BCUT2D eigenvalue weighted by molar-refractivity contribution is 5.71. The van der Waals surface area contributed by atoms with Crippen molar-refractivity contribution in [2.75, 3.05) is 27.7 Å². The Labute approximate surface area is 177 Å². The van der Waals surface area contributed by atoms with Crippen molar-refractivity contribution < 1.29 is 28.7 Å². The standard InChI is InChI=1S/C23H43NO5/c1-24(2,3)20-21(19-22(26)27)29-23(28)17-15-13-11-9-7-5-4-6-8-10-12-14-16-18-25/h18,21H,4-17,19-20H2,1-3H3/p+1. The summed E-state index contributed by atoms with van der Waals surface area (Å²) in [6.45, 7) is 0.497. The molecule has 0 aromatic rings.